The lowest BCUT2D eigenvalue weighted by Gasteiger charge is -2.29. The average Bonchev–Trinajstić information content (AvgIpc) is 2.55. The standard InChI is InChI=1S/C15H22FNO/c1-3-17-9-4-7-15(18,8-10-17)14-11-13(16)6-5-12(14)2/h5-6,11,18H,3-4,7-10H2,1-2H3. The summed E-state index contributed by atoms with van der Waals surface area (Å²) in [6.45, 7) is 6.99. The predicted octanol–water partition coefficient (Wildman–Crippen LogP) is 2.83. The van der Waals surface area contributed by atoms with Gasteiger partial charge in [0, 0.05) is 6.54 Å². The van der Waals surface area contributed by atoms with Crippen molar-refractivity contribution in [1.29, 1.82) is 0 Å². The van der Waals surface area contributed by atoms with Crippen LogP contribution in [0.15, 0.2) is 18.2 Å². The molecule has 1 saturated heterocycles. The minimum Gasteiger partial charge on any atom is -0.385 e. The van der Waals surface area contributed by atoms with Gasteiger partial charge in [-0.05, 0) is 62.5 Å². The predicted molar refractivity (Wildman–Crippen MR) is 71.0 cm³/mol. The lowest BCUT2D eigenvalue weighted by Crippen LogP contribution is -2.30. The van der Waals surface area contributed by atoms with E-state index in [9.17, 15) is 9.50 Å². The molecule has 1 aliphatic rings. The maximum absolute atomic E-state index is 13.4. The van der Waals surface area contributed by atoms with Gasteiger partial charge in [0.25, 0.3) is 0 Å². The van der Waals surface area contributed by atoms with Gasteiger partial charge in [0.2, 0.25) is 0 Å². The number of hydrogen-bond acceptors (Lipinski definition) is 2. The Balaban J connectivity index is 2.27. The minimum atomic E-state index is -0.865. The second kappa shape index (κ2) is 5.37. The zero-order valence-corrected chi connectivity index (χ0v) is 11.2. The summed E-state index contributed by atoms with van der Waals surface area (Å²) in [5, 5.41) is 10.8. The van der Waals surface area contributed by atoms with Crippen LogP contribution in [0.3, 0.4) is 0 Å². The van der Waals surface area contributed by atoms with Crippen LogP contribution in [0.1, 0.15) is 37.3 Å². The Kier molecular flexibility index (Phi) is 4.03. The van der Waals surface area contributed by atoms with Crippen LogP contribution in [-0.4, -0.2) is 29.6 Å². The summed E-state index contributed by atoms with van der Waals surface area (Å²) < 4.78 is 13.4. The zero-order valence-electron chi connectivity index (χ0n) is 11.2. The Hall–Kier alpha value is -0.930. The van der Waals surface area contributed by atoms with Gasteiger partial charge in [-0.2, -0.15) is 0 Å². The van der Waals surface area contributed by atoms with Crippen molar-refractivity contribution in [2.24, 2.45) is 0 Å². The van der Waals surface area contributed by atoms with Gasteiger partial charge in [0.05, 0.1) is 5.60 Å². The summed E-state index contributed by atoms with van der Waals surface area (Å²) in [6, 6.07) is 4.71. The van der Waals surface area contributed by atoms with E-state index in [0.717, 1.165) is 37.2 Å². The van der Waals surface area contributed by atoms with Gasteiger partial charge in [-0.25, -0.2) is 4.39 Å². The second-order valence-corrected chi connectivity index (χ2v) is 5.28. The van der Waals surface area contributed by atoms with E-state index in [-0.39, 0.29) is 5.82 Å². The van der Waals surface area contributed by atoms with Crippen molar-refractivity contribution in [2.75, 3.05) is 19.6 Å². The molecule has 18 heavy (non-hydrogen) atoms. The van der Waals surface area contributed by atoms with Crippen LogP contribution in [0, 0.1) is 12.7 Å². The van der Waals surface area contributed by atoms with E-state index in [0.29, 0.717) is 12.8 Å². The van der Waals surface area contributed by atoms with Gasteiger partial charge in [-0.3, -0.25) is 0 Å². The number of hydrogen-bond donors (Lipinski definition) is 1. The molecule has 0 aromatic heterocycles. The van der Waals surface area contributed by atoms with E-state index in [1.165, 1.54) is 12.1 Å². The van der Waals surface area contributed by atoms with Crippen LogP contribution in [0.5, 0.6) is 0 Å². The third kappa shape index (κ3) is 2.73. The van der Waals surface area contributed by atoms with E-state index < -0.39 is 5.60 Å². The van der Waals surface area contributed by atoms with Crippen molar-refractivity contribution in [3.8, 4) is 0 Å². The molecule has 1 aliphatic heterocycles. The Morgan fingerprint density at radius 3 is 2.83 bits per heavy atom. The molecule has 2 rings (SSSR count). The number of aryl methyl sites for hydroxylation is 1. The van der Waals surface area contributed by atoms with E-state index in [1.54, 1.807) is 6.07 Å². The van der Waals surface area contributed by atoms with Crippen molar-refractivity contribution in [1.82, 2.24) is 4.90 Å². The molecule has 1 heterocycles. The van der Waals surface area contributed by atoms with Crippen LogP contribution in [0.2, 0.25) is 0 Å². The first-order valence-corrected chi connectivity index (χ1v) is 6.76. The quantitative estimate of drug-likeness (QED) is 0.873. The molecule has 0 spiro atoms. The Bertz CT molecular complexity index is 421. The first-order valence-electron chi connectivity index (χ1n) is 6.76. The lowest BCUT2D eigenvalue weighted by atomic mass is 9.84. The molecule has 1 fully saturated rings. The fourth-order valence-corrected chi connectivity index (χ4v) is 2.86. The molecule has 1 unspecified atom stereocenters. The number of rotatable bonds is 2. The molecule has 0 bridgehead atoms. The van der Waals surface area contributed by atoms with Gasteiger partial charge in [-0.1, -0.05) is 13.0 Å². The fourth-order valence-electron chi connectivity index (χ4n) is 2.86. The van der Waals surface area contributed by atoms with Crippen LogP contribution >= 0.6 is 0 Å². The molecule has 1 aromatic rings. The zero-order chi connectivity index (χ0) is 13.2. The maximum Gasteiger partial charge on any atom is 0.123 e. The number of likely N-dealkylation sites (tertiary alicyclic amines) is 1. The van der Waals surface area contributed by atoms with Crippen LogP contribution in [-0.2, 0) is 5.60 Å². The van der Waals surface area contributed by atoms with Crippen LogP contribution in [0.25, 0.3) is 0 Å². The van der Waals surface area contributed by atoms with Crippen LogP contribution in [0.4, 0.5) is 4.39 Å². The molecular formula is C15H22FNO. The van der Waals surface area contributed by atoms with Gasteiger partial charge in [-0.15, -0.1) is 0 Å². The summed E-state index contributed by atoms with van der Waals surface area (Å²) >= 11 is 0. The van der Waals surface area contributed by atoms with Crippen molar-refractivity contribution in [3.63, 3.8) is 0 Å². The molecule has 1 aromatic carbocycles. The number of nitrogens with zero attached hydrogens (tertiary/aromatic N) is 1. The molecule has 0 saturated carbocycles. The van der Waals surface area contributed by atoms with Gasteiger partial charge < -0.3 is 10.0 Å². The summed E-state index contributed by atoms with van der Waals surface area (Å²) in [4.78, 5) is 2.34. The summed E-state index contributed by atoms with van der Waals surface area (Å²) in [7, 11) is 0. The van der Waals surface area contributed by atoms with Crippen molar-refractivity contribution < 1.29 is 9.50 Å². The first-order chi connectivity index (χ1) is 8.55. The van der Waals surface area contributed by atoms with Crippen molar-refractivity contribution in [2.45, 2.75) is 38.7 Å². The average molecular weight is 251 g/mol. The highest BCUT2D eigenvalue weighted by Crippen LogP contribution is 2.34. The first kappa shape index (κ1) is 13.5. The molecule has 3 heteroatoms. The largest absolute Gasteiger partial charge is 0.385 e. The monoisotopic (exact) mass is 251 g/mol. The SMILES string of the molecule is CCN1CCCC(O)(c2cc(F)ccc2C)CC1. The smallest absolute Gasteiger partial charge is 0.123 e. The molecule has 2 nitrogen and oxygen atoms in total. The minimum absolute atomic E-state index is 0.263. The fraction of sp³-hybridized carbons (Fsp3) is 0.600. The summed E-state index contributed by atoms with van der Waals surface area (Å²) in [6.07, 6.45) is 2.36. The van der Waals surface area contributed by atoms with E-state index in [1.807, 2.05) is 6.92 Å². The third-order valence-corrected chi connectivity index (χ3v) is 4.05. The Morgan fingerprint density at radius 1 is 1.33 bits per heavy atom. The molecular weight excluding hydrogens is 229 g/mol. The van der Waals surface area contributed by atoms with E-state index in [2.05, 4.69) is 11.8 Å². The molecule has 0 aliphatic carbocycles. The normalized spacial score (nSPS) is 26.0. The van der Waals surface area contributed by atoms with Gasteiger partial charge in [0.1, 0.15) is 5.82 Å². The Labute approximate surface area is 108 Å². The highest BCUT2D eigenvalue weighted by atomic mass is 19.1. The number of benzene rings is 1. The van der Waals surface area contributed by atoms with E-state index in [4.69, 9.17) is 0 Å². The van der Waals surface area contributed by atoms with E-state index >= 15 is 0 Å². The lowest BCUT2D eigenvalue weighted by molar-refractivity contribution is 0.0205. The van der Waals surface area contributed by atoms with Gasteiger partial charge >= 0.3 is 0 Å². The molecule has 0 radical (unpaired) electrons. The summed E-state index contributed by atoms with van der Waals surface area (Å²) in [5.41, 5.74) is 0.875. The molecule has 1 N–H and O–H groups in total. The molecule has 0 amide bonds. The van der Waals surface area contributed by atoms with Crippen molar-refractivity contribution >= 4 is 0 Å². The highest BCUT2D eigenvalue weighted by molar-refractivity contribution is 5.32. The van der Waals surface area contributed by atoms with Crippen molar-refractivity contribution in [3.05, 3.63) is 35.1 Å². The highest BCUT2D eigenvalue weighted by Gasteiger charge is 2.33. The van der Waals surface area contributed by atoms with Crippen LogP contribution < -0.4 is 0 Å². The maximum atomic E-state index is 13.4. The Morgan fingerprint density at radius 2 is 2.11 bits per heavy atom. The van der Waals surface area contributed by atoms with Gasteiger partial charge in [0.15, 0.2) is 0 Å². The topological polar surface area (TPSA) is 23.5 Å². The number of aliphatic hydroxyl groups is 1. The molecule has 1 atom stereocenters. The second-order valence-electron chi connectivity index (χ2n) is 5.28. The third-order valence-electron chi connectivity index (χ3n) is 4.05. The number of halogens is 1. The molecule has 100 valence electrons. The summed E-state index contributed by atoms with van der Waals surface area (Å²) in [5.74, 6) is -0.263.